The van der Waals surface area contributed by atoms with Crippen LogP contribution >= 0.6 is 7.82 Å². The maximum Gasteiger partial charge on any atom is 0.472 e. The van der Waals surface area contributed by atoms with Gasteiger partial charge in [0.2, 0.25) is 0 Å². The standard InChI is InChI=1S/C43H79O13P/c1-3-5-7-9-11-13-15-17-18-20-22-24-26-28-30-32-37(45)55-35(34-54-57(51,52)56-43-41(49)39(47)38(46)40(48)42(43)50)33-53-36(44)31-29-27-25-23-21-19-16-14-12-10-8-6-4-2/h14,16,22,24,35,38-43,46-50H,3-13,15,17-21,23,25-34H2,1-2H3,(H,51,52)/b16-14+,24-22+/t35-,38?,39-,40?,41?,42?,43?/m1/s1. The van der Waals surface area contributed by atoms with Crippen LogP contribution < -0.4 is 0 Å². The smallest absolute Gasteiger partial charge is 0.462 e. The number of ether oxygens (including phenoxy) is 2. The van der Waals surface area contributed by atoms with Gasteiger partial charge in [0.25, 0.3) is 0 Å². The molecule has 57 heavy (non-hydrogen) atoms. The third-order valence-electron chi connectivity index (χ3n) is 10.3. The topological polar surface area (TPSA) is 210 Å². The summed E-state index contributed by atoms with van der Waals surface area (Å²) in [5.74, 6) is -1.13. The Kier molecular flexibility index (Phi) is 31.9. The molecule has 0 heterocycles. The van der Waals surface area contributed by atoms with Crippen molar-refractivity contribution in [2.75, 3.05) is 13.2 Å². The first kappa shape index (κ1) is 53.3. The summed E-state index contributed by atoms with van der Waals surface area (Å²) in [6.07, 6.45) is 22.4. The molecule has 13 nitrogen and oxygen atoms in total. The first-order chi connectivity index (χ1) is 27.4. The highest BCUT2D eigenvalue weighted by Crippen LogP contribution is 2.47. The number of esters is 2. The van der Waals surface area contributed by atoms with Gasteiger partial charge in [-0.15, -0.1) is 0 Å². The number of carbonyl (C=O) groups is 2. The van der Waals surface area contributed by atoms with Crippen LogP contribution in [0.4, 0.5) is 0 Å². The average Bonchev–Trinajstić information content (AvgIpc) is 3.19. The van der Waals surface area contributed by atoms with Crippen LogP contribution in [0.2, 0.25) is 0 Å². The quantitative estimate of drug-likeness (QED) is 0.0153. The van der Waals surface area contributed by atoms with Crippen LogP contribution in [0.25, 0.3) is 0 Å². The van der Waals surface area contributed by atoms with Gasteiger partial charge in [-0.05, 0) is 64.2 Å². The second-order valence-corrected chi connectivity index (χ2v) is 16.9. The van der Waals surface area contributed by atoms with Crippen LogP contribution in [0.5, 0.6) is 0 Å². The Bertz CT molecular complexity index is 1100. The molecule has 6 N–H and O–H groups in total. The Morgan fingerprint density at radius 2 is 0.895 bits per heavy atom. The monoisotopic (exact) mass is 835 g/mol. The molecule has 14 heteroatoms. The molecule has 8 atom stereocenters. The Labute approximate surface area is 343 Å². The Morgan fingerprint density at radius 1 is 0.526 bits per heavy atom. The zero-order valence-corrected chi connectivity index (χ0v) is 36.0. The fraction of sp³-hybridized carbons (Fsp3) is 0.860. The normalized spacial score (nSPS) is 22.9. The molecule has 0 aromatic carbocycles. The molecule has 6 unspecified atom stereocenters. The predicted molar refractivity (Wildman–Crippen MR) is 221 cm³/mol. The summed E-state index contributed by atoms with van der Waals surface area (Å²) >= 11 is 0. The highest BCUT2D eigenvalue weighted by atomic mass is 31.2. The number of carbonyl (C=O) groups excluding carboxylic acids is 2. The summed E-state index contributed by atoms with van der Waals surface area (Å²) in [5.41, 5.74) is 0. The van der Waals surface area contributed by atoms with Gasteiger partial charge in [0.1, 0.15) is 43.2 Å². The van der Waals surface area contributed by atoms with Gasteiger partial charge in [-0.3, -0.25) is 18.6 Å². The van der Waals surface area contributed by atoms with E-state index < -0.39 is 75.7 Å². The van der Waals surface area contributed by atoms with Crippen LogP contribution in [-0.2, 0) is 32.7 Å². The van der Waals surface area contributed by atoms with E-state index in [1.54, 1.807) is 0 Å². The molecule has 1 aliphatic rings. The first-order valence-corrected chi connectivity index (χ1v) is 23.6. The van der Waals surface area contributed by atoms with E-state index in [1.807, 2.05) is 0 Å². The molecule has 0 bridgehead atoms. The van der Waals surface area contributed by atoms with Crippen molar-refractivity contribution >= 4 is 19.8 Å². The van der Waals surface area contributed by atoms with Crippen LogP contribution in [0, 0.1) is 0 Å². The first-order valence-electron chi connectivity index (χ1n) is 22.1. The van der Waals surface area contributed by atoms with E-state index in [9.17, 15) is 44.6 Å². The fourth-order valence-electron chi connectivity index (χ4n) is 6.63. The highest BCUT2D eigenvalue weighted by Gasteiger charge is 2.51. The number of rotatable bonds is 36. The van der Waals surface area contributed by atoms with Crippen LogP contribution in [0.3, 0.4) is 0 Å². The van der Waals surface area contributed by atoms with Crippen molar-refractivity contribution in [3.05, 3.63) is 24.3 Å². The number of phosphoric ester groups is 1. The van der Waals surface area contributed by atoms with Crippen molar-refractivity contribution < 1.29 is 63.1 Å². The van der Waals surface area contributed by atoms with Crippen molar-refractivity contribution in [3.8, 4) is 0 Å². The number of aliphatic hydroxyl groups is 5. The largest absolute Gasteiger partial charge is 0.472 e. The molecule has 1 rings (SSSR count). The maximum absolute atomic E-state index is 12.8. The lowest BCUT2D eigenvalue weighted by atomic mass is 9.85. The molecule has 1 saturated carbocycles. The molecule has 1 aliphatic carbocycles. The van der Waals surface area contributed by atoms with Crippen LogP contribution in [0.1, 0.15) is 181 Å². The zero-order chi connectivity index (χ0) is 42.2. The molecule has 0 aromatic rings. The van der Waals surface area contributed by atoms with E-state index in [-0.39, 0.29) is 12.8 Å². The van der Waals surface area contributed by atoms with Crippen molar-refractivity contribution in [1.29, 1.82) is 0 Å². The zero-order valence-electron chi connectivity index (χ0n) is 35.1. The minimum atomic E-state index is -5.12. The summed E-state index contributed by atoms with van der Waals surface area (Å²) in [5, 5.41) is 50.0. The summed E-state index contributed by atoms with van der Waals surface area (Å²) in [7, 11) is -5.12. The lowest BCUT2D eigenvalue weighted by Crippen LogP contribution is -2.64. The maximum atomic E-state index is 12.8. The Hall–Kier alpha value is -1.67. The third kappa shape index (κ3) is 26.9. The van der Waals surface area contributed by atoms with E-state index in [4.69, 9.17) is 18.5 Å². The van der Waals surface area contributed by atoms with E-state index >= 15 is 0 Å². The molecule has 0 aliphatic heterocycles. The molecule has 0 radical (unpaired) electrons. The van der Waals surface area contributed by atoms with E-state index in [0.29, 0.717) is 12.8 Å². The molecule has 0 amide bonds. The number of unbranched alkanes of at least 4 members (excludes halogenated alkanes) is 20. The fourth-order valence-corrected chi connectivity index (χ4v) is 7.60. The van der Waals surface area contributed by atoms with Gasteiger partial charge in [0.15, 0.2) is 6.10 Å². The molecule has 334 valence electrons. The molecular weight excluding hydrogens is 755 g/mol. The van der Waals surface area contributed by atoms with Gasteiger partial charge in [-0.25, -0.2) is 4.57 Å². The third-order valence-corrected chi connectivity index (χ3v) is 11.3. The van der Waals surface area contributed by atoms with E-state index in [1.165, 1.54) is 83.5 Å². The van der Waals surface area contributed by atoms with Crippen molar-refractivity contribution in [1.82, 2.24) is 0 Å². The minimum Gasteiger partial charge on any atom is -0.462 e. The van der Waals surface area contributed by atoms with Crippen molar-refractivity contribution in [2.24, 2.45) is 0 Å². The average molecular weight is 835 g/mol. The van der Waals surface area contributed by atoms with Gasteiger partial charge in [-0.1, -0.05) is 128 Å². The van der Waals surface area contributed by atoms with Crippen LogP contribution in [-0.4, -0.2) is 98.3 Å². The SMILES string of the molecule is CCCCCC/C=C/CCCCCCCC(=O)OC[C@H](COP(=O)(O)OC1C(O)C(O)C(O)[C@@H](O)C1O)OC(=O)CCCC/C=C/CCCCCCCCCCC. The predicted octanol–water partition coefficient (Wildman–Crippen LogP) is 8.06. The number of phosphoric acid groups is 1. The summed E-state index contributed by atoms with van der Waals surface area (Å²) in [6, 6.07) is 0. The van der Waals surface area contributed by atoms with Gasteiger partial charge in [-0.2, -0.15) is 0 Å². The van der Waals surface area contributed by atoms with Gasteiger partial charge < -0.3 is 39.9 Å². The lowest BCUT2D eigenvalue weighted by molar-refractivity contribution is -0.220. The number of allylic oxidation sites excluding steroid dienone is 4. The van der Waals surface area contributed by atoms with Gasteiger partial charge in [0, 0.05) is 12.8 Å². The summed E-state index contributed by atoms with van der Waals surface area (Å²) in [4.78, 5) is 35.6. The highest BCUT2D eigenvalue weighted by molar-refractivity contribution is 7.47. The summed E-state index contributed by atoms with van der Waals surface area (Å²) in [6.45, 7) is 3.25. The molecular formula is C43H79O13P. The van der Waals surface area contributed by atoms with Crippen molar-refractivity contribution in [2.45, 2.75) is 224 Å². The minimum absolute atomic E-state index is 0.0666. The van der Waals surface area contributed by atoms with E-state index in [0.717, 1.165) is 57.8 Å². The van der Waals surface area contributed by atoms with Gasteiger partial charge >= 0.3 is 19.8 Å². The van der Waals surface area contributed by atoms with Crippen LogP contribution in [0.15, 0.2) is 24.3 Å². The number of aliphatic hydroxyl groups excluding tert-OH is 5. The molecule has 0 aromatic heterocycles. The second kappa shape index (κ2) is 34.1. The number of hydrogen-bond acceptors (Lipinski definition) is 12. The number of hydrogen-bond donors (Lipinski definition) is 6. The van der Waals surface area contributed by atoms with Crippen molar-refractivity contribution in [3.63, 3.8) is 0 Å². The molecule has 0 spiro atoms. The Morgan fingerprint density at radius 3 is 1.39 bits per heavy atom. The second-order valence-electron chi connectivity index (χ2n) is 15.5. The van der Waals surface area contributed by atoms with E-state index in [2.05, 4.69) is 38.2 Å². The van der Waals surface area contributed by atoms with Gasteiger partial charge in [0.05, 0.1) is 6.61 Å². The molecule has 0 saturated heterocycles. The molecule has 1 fully saturated rings. The lowest BCUT2D eigenvalue weighted by Gasteiger charge is -2.41. The Balaban J connectivity index is 2.50. The summed E-state index contributed by atoms with van der Waals surface area (Å²) < 4.78 is 33.4.